The molecule has 0 N–H and O–H groups in total. The fourth-order valence-electron chi connectivity index (χ4n) is 3.63. The number of rotatable bonds is 2. The van der Waals surface area contributed by atoms with Gasteiger partial charge in [0.15, 0.2) is 0 Å². The summed E-state index contributed by atoms with van der Waals surface area (Å²) in [5.74, 6) is 0.753. The zero-order valence-corrected chi connectivity index (χ0v) is 13.9. The molecule has 2 aliphatic heterocycles. The van der Waals surface area contributed by atoms with Crippen molar-refractivity contribution in [2.45, 2.75) is 25.7 Å². The summed E-state index contributed by atoms with van der Waals surface area (Å²) in [6, 6.07) is 12.2. The van der Waals surface area contributed by atoms with Crippen LogP contribution in [-0.2, 0) is 11.3 Å². The average Bonchev–Trinajstić information content (AvgIpc) is 3.26. The number of fused-ring (bicyclic) bond motifs is 3. The van der Waals surface area contributed by atoms with E-state index in [0.717, 1.165) is 41.7 Å². The molecular weight excluding hydrogens is 316 g/mol. The van der Waals surface area contributed by atoms with E-state index in [1.807, 2.05) is 35.9 Å². The second-order valence-electron chi connectivity index (χ2n) is 6.52. The van der Waals surface area contributed by atoms with Crippen molar-refractivity contribution in [3.8, 4) is 11.3 Å². The topological polar surface area (TPSA) is 69.0 Å². The quantitative estimate of drug-likeness (QED) is 0.714. The number of hydrogen-bond donors (Lipinski definition) is 0. The fraction of sp³-hybridized carbons (Fsp3) is 0.333. The minimum atomic E-state index is 0.0851. The molecule has 1 aromatic carbocycles. The van der Waals surface area contributed by atoms with Crippen LogP contribution in [0.3, 0.4) is 0 Å². The molecule has 2 aromatic heterocycles. The van der Waals surface area contributed by atoms with E-state index in [0.29, 0.717) is 6.61 Å². The highest BCUT2D eigenvalue weighted by Crippen LogP contribution is 2.35. The Kier molecular flexibility index (Phi) is 3.27. The molecule has 4 heterocycles. The van der Waals surface area contributed by atoms with Crippen molar-refractivity contribution in [3.63, 3.8) is 0 Å². The summed E-state index contributed by atoms with van der Waals surface area (Å²) in [5, 5.41) is 8.86. The Morgan fingerprint density at radius 1 is 1.12 bits per heavy atom. The molecule has 0 spiro atoms. The summed E-state index contributed by atoms with van der Waals surface area (Å²) in [6.45, 7) is 4.06. The maximum Gasteiger partial charge on any atom is 0.225 e. The number of ether oxygens (including phenoxy) is 1. The monoisotopic (exact) mass is 334 g/mol. The van der Waals surface area contributed by atoms with Crippen LogP contribution in [0.15, 0.2) is 42.6 Å². The van der Waals surface area contributed by atoms with Crippen LogP contribution >= 0.6 is 0 Å². The molecule has 2 aliphatic rings. The van der Waals surface area contributed by atoms with Crippen molar-refractivity contribution in [1.82, 2.24) is 25.0 Å². The third-order valence-electron chi connectivity index (χ3n) is 4.89. The lowest BCUT2D eigenvalue weighted by atomic mass is 10.1. The predicted octanol–water partition coefficient (Wildman–Crippen LogP) is 2.00. The van der Waals surface area contributed by atoms with Gasteiger partial charge in [-0.15, -0.1) is 5.10 Å². The van der Waals surface area contributed by atoms with Gasteiger partial charge in [0.2, 0.25) is 5.95 Å². The van der Waals surface area contributed by atoms with Gasteiger partial charge in [-0.1, -0.05) is 35.5 Å². The lowest BCUT2D eigenvalue weighted by molar-refractivity contribution is -0.00227. The highest BCUT2D eigenvalue weighted by molar-refractivity contribution is 5.61. The first-order valence-corrected chi connectivity index (χ1v) is 8.45. The van der Waals surface area contributed by atoms with Crippen LogP contribution < -0.4 is 4.90 Å². The first kappa shape index (κ1) is 14.5. The molecule has 3 aromatic rings. The Morgan fingerprint density at radius 2 is 2.00 bits per heavy atom. The maximum absolute atomic E-state index is 6.13. The van der Waals surface area contributed by atoms with Crippen molar-refractivity contribution < 1.29 is 4.74 Å². The normalized spacial score (nSPS) is 21.9. The molecule has 0 aliphatic carbocycles. The van der Waals surface area contributed by atoms with Gasteiger partial charge in [0.25, 0.3) is 0 Å². The average molecular weight is 334 g/mol. The second-order valence-corrected chi connectivity index (χ2v) is 6.52. The summed E-state index contributed by atoms with van der Waals surface area (Å²) in [7, 11) is 0. The smallest absolute Gasteiger partial charge is 0.225 e. The van der Waals surface area contributed by atoms with E-state index < -0.39 is 0 Å². The molecule has 0 radical (unpaired) electrons. The molecular formula is C18H18N6O. The summed E-state index contributed by atoms with van der Waals surface area (Å²) in [5.41, 5.74) is 3.99. The van der Waals surface area contributed by atoms with E-state index in [2.05, 4.69) is 37.3 Å². The van der Waals surface area contributed by atoms with Crippen LogP contribution in [0.1, 0.15) is 17.4 Å². The predicted molar refractivity (Wildman–Crippen MR) is 92.1 cm³/mol. The zero-order chi connectivity index (χ0) is 16.8. The number of aryl methyl sites for hydroxylation is 1. The van der Waals surface area contributed by atoms with Gasteiger partial charge in [-0.3, -0.25) is 0 Å². The third-order valence-corrected chi connectivity index (χ3v) is 4.89. The highest BCUT2D eigenvalue weighted by atomic mass is 16.5. The van der Waals surface area contributed by atoms with Crippen molar-refractivity contribution in [1.29, 1.82) is 0 Å². The van der Waals surface area contributed by atoms with E-state index in [1.54, 1.807) is 6.20 Å². The molecule has 0 amide bonds. The van der Waals surface area contributed by atoms with Gasteiger partial charge >= 0.3 is 0 Å². The number of aromatic nitrogens is 5. The SMILES string of the molecule is Cc1ccnc(N2C[C@@H]3[C@@H](C2)OCc2c(-c4ccccc4)nnn23)n1. The van der Waals surface area contributed by atoms with E-state index >= 15 is 0 Å². The largest absolute Gasteiger partial charge is 0.368 e. The molecule has 25 heavy (non-hydrogen) atoms. The van der Waals surface area contributed by atoms with E-state index in [4.69, 9.17) is 4.74 Å². The zero-order valence-electron chi connectivity index (χ0n) is 13.9. The van der Waals surface area contributed by atoms with E-state index in [1.165, 1.54) is 0 Å². The Labute approximate surface area is 145 Å². The summed E-state index contributed by atoms with van der Waals surface area (Å²) in [4.78, 5) is 11.1. The molecule has 0 unspecified atom stereocenters. The lowest BCUT2D eigenvalue weighted by Crippen LogP contribution is -2.32. The van der Waals surface area contributed by atoms with Crippen LogP contribution in [-0.4, -0.2) is 44.2 Å². The van der Waals surface area contributed by atoms with E-state index in [9.17, 15) is 0 Å². The summed E-state index contributed by atoms with van der Waals surface area (Å²) < 4.78 is 8.17. The first-order valence-electron chi connectivity index (χ1n) is 8.45. The van der Waals surface area contributed by atoms with Gasteiger partial charge < -0.3 is 9.64 Å². The summed E-state index contributed by atoms with van der Waals surface area (Å²) >= 11 is 0. The standard InChI is InChI=1S/C18H18N6O/c1-12-7-8-19-18(20-12)23-9-14-16(10-23)25-11-15-17(21-22-24(14)15)13-5-3-2-4-6-13/h2-8,14,16H,9-11H2,1H3/t14-,16-/m1/s1. The van der Waals surface area contributed by atoms with Gasteiger partial charge in [-0.05, 0) is 13.0 Å². The third kappa shape index (κ3) is 2.39. The Bertz CT molecular complexity index is 909. The van der Waals surface area contributed by atoms with Gasteiger partial charge in [0.05, 0.1) is 24.4 Å². The minimum Gasteiger partial charge on any atom is -0.368 e. The second kappa shape index (κ2) is 5.63. The number of hydrogen-bond acceptors (Lipinski definition) is 6. The van der Waals surface area contributed by atoms with Crippen molar-refractivity contribution in [3.05, 3.63) is 54.0 Å². The molecule has 2 atom stereocenters. The lowest BCUT2D eigenvalue weighted by Gasteiger charge is -2.26. The Balaban J connectivity index is 1.47. The Hall–Kier alpha value is -2.80. The Morgan fingerprint density at radius 3 is 2.84 bits per heavy atom. The van der Waals surface area contributed by atoms with Gasteiger partial charge in [-0.2, -0.15) is 0 Å². The van der Waals surface area contributed by atoms with Crippen LogP contribution in [0.25, 0.3) is 11.3 Å². The number of anilines is 1. The number of benzene rings is 1. The molecule has 5 rings (SSSR count). The van der Waals surface area contributed by atoms with Gasteiger partial charge in [0, 0.05) is 30.5 Å². The van der Waals surface area contributed by atoms with Crippen LogP contribution in [0.4, 0.5) is 5.95 Å². The van der Waals surface area contributed by atoms with Crippen molar-refractivity contribution in [2.24, 2.45) is 0 Å². The minimum absolute atomic E-state index is 0.0851. The molecule has 0 bridgehead atoms. The van der Waals surface area contributed by atoms with Gasteiger partial charge in [0.1, 0.15) is 5.69 Å². The molecule has 1 saturated heterocycles. The van der Waals surface area contributed by atoms with Crippen molar-refractivity contribution in [2.75, 3.05) is 18.0 Å². The van der Waals surface area contributed by atoms with Crippen molar-refractivity contribution >= 4 is 5.95 Å². The first-order chi connectivity index (χ1) is 12.3. The molecule has 126 valence electrons. The van der Waals surface area contributed by atoms with Crippen LogP contribution in [0, 0.1) is 6.92 Å². The number of nitrogens with zero attached hydrogens (tertiary/aromatic N) is 6. The maximum atomic E-state index is 6.13. The van der Waals surface area contributed by atoms with Crippen LogP contribution in [0.2, 0.25) is 0 Å². The van der Waals surface area contributed by atoms with Gasteiger partial charge in [-0.25, -0.2) is 14.6 Å². The molecule has 7 nitrogen and oxygen atoms in total. The van der Waals surface area contributed by atoms with E-state index in [-0.39, 0.29) is 12.1 Å². The van der Waals surface area contributed by atoms with Crippen LogP contribution in [0.5, 0.6) is 0 Å². The molecule has 1 fully saturated rings. The molecule has 0 saturated carbocycles. The molecule has 7 heteroatoms. The fourth-order valence-corrected chi connectivity index (χ4v) is 3.63. The summed E-state index contributed by atoms with van der Waals surface area (Å²) in [6.07, 6.45) is 1.89. The highest BCUT2D eigenvalue weighted by Gasteiger charge is 2.41.